The van der Waals surface area contributed by atoms with E-state index < -0.39 is 6.10 Å². The standard InChI is InChI=1S/C8H10O2/c1-7(9)4-5-8-3-2-6-10-8/h2-7,9H,1H3/t7-/m0/s1. The zero-order chi connectivity index (χ0) is 7.40. The summed E-state index contributed by atoms with van der Waals surface area (Å²) in [5, 5.41) is 8.82. The van der Waals surface area contributed by atoms with Gasteiger partial charge in [-0.2, -0.15) is 0 Å². The van der Waals surface area contributed by atoms with Gasteiger partial charge in [-0.25, -0.2) is 0 Å². The summed E-state index contributed by atoms with van der Waals surface area (Å²) in [4.78, 5) is 0. The zero-order valence-corrected chi connectivity index (χ0v) is 5.82. The monoisotopic (exact) mass is 138 g/mol. The van der Waals surface area contributed by atoms with Crippen molar-refractivity contribution < 1.29 is 9.52 Å². The van der Waals surface area contributed by atoms with E-state index in [1.54, 1.807) is 25.3 Å². The Morgan fingerprint density at radius 2 is 2.50 bits per heavy atom. The van der Waals surface area contributed by atoms with Gasteiger partial charge in [-0.05, 0) is 25.1 Å². The third kappa shape index (κ3) is 2.07. The van der Waals surface area contributed by atoms with E-state index in [0.29, 0.717) is 0 Å². The highest BCUT2D eigenvalue weighted by atomic mass is 16.3. The second-order valence-corrected chi connectivity index (χ2v) is 2.12. The largest absolute Gasteiger partial charge is 0.465 e. The SMILES string of the molecule is C[C@H](O)C=Cc1ccco1. The van der Waals surface area contributed by atoms with Crippen LogP contribution in [0.2, 0.25) is 0 Å². The number of aliphatic hydroxyl groups excluding tert-OH is 1. The highest BCUT2D eigenvalue weighted by molar-refractivity contribution is 5.42. The number of rotatable bonds is 2. The van der Waals surface area contributed by atoms with Gasteiger partial charge >= 0.3 is 0 Å². The van der Waals surface area contributed by atoms with Gasteiger partial charge in [0.25, 0.3) is 0 Å². The summed E-state index contributed by atoms with van der Waals surface area (Å²) in [5.41, 5.74) is 0. The summed E-state index contributed by atoms with van der Waals surface area (Å²) in [6, 6.07) is 3.64. The number of hydrogen-bond acceptors (Lipinski definition) is 2. The van der Waals surface area contributed by atoms with Gasteiger partial charge in [-0.15, -0.1) is 0 Å². The molecule has 0 bridgehead atoms. The highest BCUT2D eigenvalue weighted by Crippen LogP contribution is 2.02. The molecule has 0 aliphatic heterocycles. The lowest BCUT2D eigenvalue weighted by Gasteiger charge is -1.90. The average molecular weight is 138 g/mol. The Balaban J connectivity index is 2.55. The first-order valence-corrected chi connectivity index (χ1v) is 3.19. The Hall–Kier alpha value is -1.02. The van der Waals surface area contributed by atoms with Crippen molar-refractivity contribution in [2.24, 2.45) is 0 Å². The van der Waals surface area contributed by atoms with Crippen LogP contribution in [0.15, 0.2) is 28.9 Å². The second-order valence-electron chi connectivity index (χ2n) is 2.12. The smallest absolute Gasteiger partial charge is 0.126 e. The molecule has 1 N–H and O–H groups in total. The zero-order valence-electron chi connectivity index (χ0n) is 5.82. The van der Waals surface area contributed by atoms with Gasteiger partial charge in [0.05, 0.1) is 12.4 Å². The molecule has 0 amide bonds. The lowest BCUT2D eigenvalue weighted by atomic mass is 10.3. The summed E-state index contributed by atoms with van der Waals surface area (Å²) in [6.07, 6.45) is 4.59. The maximum absolute atomic E-state index is 8.82. The first kappa shape index (κ1) is 7.09. The van der Waals surface area contributed by atoms with Crippen molar-refractivity contribution in [1.29, 1.82) is 0 Å². The topological polar surface area (TPSA) is 33.4 Å². The van der Waals surface area contributed by atoms with E-state index in [0.717, 1.165) is 5.76 Å². The predicted molar refractivity (Wildman–Crippen MR) is 39.4 cm³/mol. The molecule has 0 aliphatic rings. The Morgan fingerprint density at radius 1 is 1.70 bits per heavy atom. The van der Waals surface area contributed by atoms with E-state index in [1.165, 1.54) is 0 Å². The lowest BCUT2D eigenvalue weighted by molar-refractivity contribution is 0.245. The average Bonchev–Trinajstić information content (AvgIpc) is 2.34. The summed E-state index contributed by atoms with van der Waals surface area (Å²) in [7, 11) is 0. The molecule has 1 rings (SSSR count). The summed E-state index contributed by atoms with van der Waals surface area (Å²) in [5.74, 6) is 0.765. The van der Waals surface area contributed by atoms with Crippen molar-refractivity contribution in [2.75, 3.05) is 0 Å². The van der Waals surface area contributed by atoms with Crippen molar-refractivity contribution >= 4 is 6.08 Å². The van der Waals surface area contributed by atoms with Crippen LogP contribution in [0.3, 0.4) is 0 Å². The molecule has 0 unspecified atom stereocenters. The minimum Gasteiger partial charge on any atom is -0.465 e. The Labute approximate surface area is 59.8 Å². The van der Waals surface area contributed by atoms with Crippen LogP contribution >= 0.6 is 0 Å². The van der Waals surface area contributed by atoms with Gasteiger partial charge in [-0.3, -0.25) is 0 Å². The fraction of sp³-hybridized carbons (Fsp3) is 0.250. The molecular formula is C8H10O2. The van der Waals surface area contributed by atoms with Gasteiger partial charge < -0.3 is 9.52 Å². The van der Waals surface area contributed by atoms with Crippen LogP contribution < -0.4 is 0 Å². The quantitative estimate of drug-likeness (QED) is 0.674. The molecule has 54 valence electrons. The third-order valence-corrected chi connectivity index (χ3v) is 1.08. The molecule has 0 spiro atoms. The first-order valence-electron chi connectivity index (χ1n) is 3.19. The minimum absolute atomic E-state index is 0.412. The molecule has 10 heavy (non-hydrogen) atoms. The van der Waals surface area contributed by atoms with Gasteiger partial charge in [0.15, 0.2) is 0 Å². The minimum atomic E-state index is -0.412. The number of hydrogen-bond donors (Lipinski definition) is 1. The van der Waals surface area contributed by atoms with Crippen LogP contribution in [0, 0.1) is 0 Å². The van der Waals surface area contributed by atoms with Gasteiger partial charge in [-0.1, -0.05) is 6.08 Å². The molecule has 1 heterocycles. The molecule has 0 aliphatic carbocycles. The predicted octanol–water partition coefficient (Wildman–Crippen LogP) is 1.67. The molecule has 0 saturated carbocycles. The first-order chi connectivity index (χ1) is 4.79. The van der Waals surface area contributed by atoms with Crippen molar-refractivity contribution in [2.45, 2.75) is 13.0 Å². The lowest BCUT2D eigenvalue weighted by Crippen LogP contribution is -1.90. The fourth-order valence-corrected chi connectivity index (χ4v) is 0.620. The molecule has 0 fully saturated rings. The second kappa shape index (κ2) is 3.22. The van der Waals surface area contributed by atoms with E-state index in [2.05, 4.69) is 0 Å². The maximum atomic E-state index is 8.82. The van der Waals surface area contributed by atoms with Crippen molar-refractivity contribution in [3.05, 3.63) is 30.2 Å². The van der Waals surface area contributed by atoms with Crippen molar-refractivity contribution in [3.63, 3.8) is 0 Å². The van der Waals surface area contributed by atoms with E-state index in [1.807, 2.05) is 12.1 Å². The van der Waals surface area contributed by atoms with Crippen LogP contribution in [-0.2, 0) is 0 Å². The molecule has 1 aromatic rings. The van der Waals surface area contributed by atoms with Crippen LogP contribution in [0.25, 0.3) is 6.08 Å². The molecule has 0 radical (unpaired) electrons. The van der Waals surface area contributed by atoms with Gasteiger partial charge in [0, 0.05) is 0 Å². The van der Waals surface area contributed by atoms with Crippen LogP contribution in [-0.4, -0.2) is 11.2 Å². The summed E-state index contributed by atoms with van der Waals surface area (Å²) >= 11 is 0. The van der Waals surface area contributed by atoms with Gasteiger partial charge in [0.1, 0.15) is 5.76 Å². The Morgan fingerprint density at radius 3 is 3.00 bits per heavy atom. The van der Waals surface area contributed by atoms with E-state index in [4.69, 9.17) is 9.52 Å². The molecule has 2 nitrogen and oxygen atoms in total. The van der Waals surface area contributed by atoms with E-state index >= 15 is 0 Å². The molecule has 1 atom stereocenters. The molecule has 2 heteroatoms. The van der Waals surface area contributed by atoms with Gasteiger partial charge in [0.2, 0.25) is 0 Å². The summed E-state index contributed by atoms with van der Waals surface area (Å²) in [6.45, 7) is 1.69. The third-order valence-electron chi connectivity index (χ3n) is 1.08. The summed E-state index contributed by atoms with van der Waals surface area (Å²) < 4.78 is 4.99. The van der Waals surface area contributed by atoms with Crippen LogP contribution in [0.5, 0.6) is 0 Å². The number of aliphatic hydroxyl groups is 1. The number of furan rings is 1. The van der Waals surface area contributed by atoms with Crippen molar-refractivity contribution in [1.82, 2.24) is 0 Å². The molecule has 0 saturated heterocycles. The Kier molecular flexibility index (Phi) is 2.29. The van der Waals surface area contributed by atoms with Crippen LogP contribution in [0.4, 0.5) is 0 Å². The van der Waals surface area contributed by atoms with E-state index in [9.17, 15) is 0 Å². The Bertz CT molecular complexity index is 197. The molecule has 1 aromatic heterocycles. The van der Waals surface area contributed by atoms with Crippen LogP contribution in [0.1, 0.15) is 12.7 Å². The highest BCUT2D eigenvalue weighted by Gasteiger charge is 1.88. The normalized spacial score (nSPS) is 14.2. The van der Waals surface area contributed by atoms with Crippen molar-refractivity contribution in [3.8, 4) is 0 Å². The maximum Gasteiger partial charge on any atom is 0.126 e. The molecular weight excluding hydrogens is 128 g/mol. The van der Waals surface area contributed by atoms with E-state index in [-0.39, 0.29) is 0 Å². The fourth-order valence-electron chi connectivity index (χ4n) is 0.620. The molecule has 0 aromatic carbocycles.